The number of primary amides is 1. The number of urea groups is 1. The van der Waals surface area contributed by atoms with Crippen LogP contribution in [0, 0.1) is 0 Å². The second kappa shape index (κ2) is 5.97. The molecule has 0 atom stereocenters. The van der Waals surface area contributed by atoms with Gasteiger partial charge in [-0.05, 0) is 12.8 Å². The van der Waals surface area contributed by atoms with Gasteiger partial charge in [0.15, 0.2) is 0 Å². The van der Waals surface area contributed by atoms with Crippen molar-refractivity contribution in [3.8, 4) is 0 Å². The number of amides is 2. The highest BCUT2D eigenvalue weighted by atomic mass is 32.1. The molecule has 3 N–H and O–H groups in total. The van der Waals surface area contributed by atoms with E-state index >= 15 is 0 Å². The third kappa shape index (κ3) is 3.67. The Morgan fingerprint density at radius 1 is 1.59 bits per heavy atom. The molecule has 0 unspecified atom stereocenters. The molecule has 2 amide bonds. The summed E-state index contributed by atoms with van der Waals surface area (Å²) in [5.74, 6) is 0. The lowest BCUT2D eigenvalue weighted by Gasteiger charge is -2.31. The maximum atomic E-state index is 11.0. The van der Waals surface area contributed by atoms with E-state index in [-0.39, 0.29) is 6.03 Å². The molecule has 0 radical (unpaired) electrons. The molecule has 1 aliphatic rings. The summed E-state index contributed by atoms with van der Waals surface area (Å²) in [5, 5.41) is 6.68. The first-order valence-corrected chi connectivity index (χ1v) is 6.80. The number of rotatable bonds is 4. The molecule has 2 rings (SSSR count). The van der Waals surface area contributed by atoms with Crippen LogP contribution in [0.25, 0.3) is 0 Å². The van der Waals surface area contributed by atoms with Crippen molar-refractivity contribution >= 4 is 17.4 Å². The summed E-state index contributed by atoms with van der Waals surface area (Å²) in [6, 6.07) is 0.205. The average molecular weight is 254 g/mol. The van der Waals surface area contributed by atoms with Crippen LogP contribution in [0.2, 0.25) is 0 Å². The zero-order valence-electron chi connectivity index (χ0n) is 9.76. The molecular formula is C11H18N4OS. The van der Waals surface area contributed by atoms with Crippen LogP contribution in [-0.2, 0) is 6.42 Å². The van der Waals surface area contributed by atoms with Crippen LogP contribution in [0.1, 0.15) is 17.8 Å². The molecule has 0 saturated carbocycles. The first kappa shape index (κ1) is 12.3. The smallest absolute Gasteiger partial charge is 0.314 e. The highest BCUT2D eigenvalue weighted by Gasteiger charge is 2.20. The van der Waals surface area contributed by atoms with Crippen molar-refractivity contribution in [2.75, 3.05) is 19.6 Å². The number of carbonyl (C=O) groups is 1. The van der Waals surface area contributed by atoms with E-state index in [0.29, 0.717) is 6.04 Å². The molecule has 2 heterocycles. The summed E-state index contributed by atoms with van der Waals surface area (Å²) in [4.78, 5) is 16.9. The number of aromatic nitrogens is 1. The van der Waals surface area contributed by atoms with Gasteiger partial charge in [-0.2, -0.15) is 0 Å². The third-order valence-corrected chi connectivity index (χ3v) is 3.90. The highest BCUT2D eigenvalue weighted by Crippen LogP contribution is 2.10. The largest absolute Gasteiger partial charge is 0.351 e. The Balaban J connectivity index is 1.63. The summed E-state index contributed by atoms with van der Waals surface area (Å²) in [5.41, 5.74) is 5.24. The number of nitrogens with two attached hydrogens (primary N) is 1. The molecule has 5 nitrogen and oxygen atoms in total. The van der Waals surface area contributed by atoms with Crippen LogP contribution >= 0.6 is 11.3 Å². The van der Waals surface area contributed by atoms with Gasteiger partial charge >= 0.3 is 6.03 Å². The number of piperidine rings is 1. The van der Waals surface area contributed by atoms with Gasteiger partial charge in [0.1, 0.15) is 0 Å². The van der Waals surface area contributed by atoms with Gasteiger partial charge in [0.2, 0.25) is 0 Å². The van der Waals surface area contributed by atoms with Crippen LogP contribution in [0.15, 0.2) is 11.6 Å². The van der Waals surface area contributed by atoms with Crippen molar-refractivity contribution in [3.05, 3.63) is 16.6 Å². The second-order valence-corrected chi connectivity index (χ2v) is 5.21. The average Bonchev–Trinajstić information content (AvgIpc) is 2.83. The van der Waals surface area contributed by atoms with Crippen molar-refractivity contribution in [2.45, 2.75) is 25.3 Å². The minimum Gasteiger partial charge on any atom is -0.351 e. The zero-order valence-corrected chi connectivity index (χ0v) is 10.6. The summed E-state index contributed by atoms with van der Waals surface area (Å²) < 4.78 is 0. The van der Waals surface area contributed by atoms with Gasteiger partial charge in [-0.3, -0.25) is 0 Å². The first-order chi connectivity index (χ1) is 8.25. The zero-order chi connectivity index (χ0) is 12.1. The number of nitrogens with one attached hydrogen (secondary N) is 1. The molecule has 0 aromatic carbocycles. The Kier molecular flexibility index (Phi) is 4.33. The fraction of sp³-hybridized carbons (Fsp3) is 0.636. The van der Waals surface area contributed by atoms with Gasteiger partial charge in [0, 0.05) is 43.7 Å². The number of likely N-dealkylation sites (tertiary alicyclic amines) is 1. The van der Waals surface area contributed by atoms with Gasteiger partial charge < -0.3 is 16.0 Å². The normalized spacial score (nSPS) is 17.3. The quantitative estimate of drug-likeness (QED) is 0.835. The number of hydrogen-bond acceptors (Lipinski definition) is 4. The topological polar surface area (TPSA) is 71.2 Å². The van der Waals surface area contributed by atoms with E-state index in [2.05, 4.69) is 10.3 Å². The van der Waals surface area contributed by atoms with E-state index in [1.807, 2.05) is 11.6 Å². The Morgan fingerprint density at radius 3 is 2.94 bits per heavy atom. The van der Waals surface area contributed by atoms with Gasteiger partial charge in [-0.25, -0.2) is 9.78 Å². The fourth-order valence-electron chi connectivity index (χ4n) is 2.06. The standard InChI is InChI=1S/C11H18N4OS/c12-11(16)15-6-2-9(3-7-15)13-4-1-10-14-5-8-17-10/h5,8-9,13H,1-4,6-7H2,(H2,12,16). The predicted octanol–water partition coefficient (Wildman–Crippen LogP) is 0.818. The van der Waals surface area contributed by atoms with Crippen molar-refractivity contribution in [2.24, 2.45) is 5.73 Å². The van der Waals surface area contributed by atoms with Crippen molar-refractivity contribution in [1.29, 1.82) is 0 Å². The lowest BCUT2D eigenvalue weighted by atomic mass is 10.1. The Labute approximate surface area is 105 Å². The minimum atomic E-state index is -0.300. The number of carbonyl (C=O) groups excluding carboxylic acids is 1. The molecule has 17 heavy (non-hydrogen) atoms. The number of hydrogen-bond donors (Lipinski definition) is 2. The van der Waals surface area contributed by atoms with Crippen LogP contribution in [0.4, 0.5) is 4.79 Å². The van der Waals surface area contributed by atoms with E-state index in [1.54, 1.807) is 16.2 Å². The van der Waals surface area contributed by atoms with Crippen molar-refractivity contribution in [1.82, 2.24) is 15.2 Å². The van der Waals surface area contributed by atoms with Gasteiger partial charge in [0.25, 0.3) is 0 Å². The molecule has 0 spiro atoms. The first-order valence-electron chi connectivity index (χ1n) is 5.92. The van der Waals surface area contributed by atoms with Crippen LogP contribution in [0.5, 0.6) is 0 Å². The van der Waals surface area contributed by atoms with Crippen molar-refractivity contribution < 1.29 is 4.79 Å². The third-order valence-electron chi connectivity index (χ3n) is 3.06. The maximum absolute atomic E-state index is 11.0. The van der Waals surface area contributed by atoms with Crippen LogP contribution in [0.3, 0.4) is 0 Å². The molecule has 1 aromatic rings. The van der Waals surface area contributed by atoms with Crippen LogP contribution < -0.4 is 11.1 Å². The summed E-state index contributed by atoms with van der Waals surface area (Å²) in [6.07, 6.45) is 4.79. The molecule has 0 bridgehead atoms. The molecule has 0 aliphatic carbocycles. The molecule has 94 valence electrons. The predicted molar refractivity (Wildman–Crippen MR) is 68.0 cm³/mol. The minimum absolute atomic E-state index is 0.300. The fourth-order valence-corrected chi connectivity index (χ4v) is 2.68. The molecule has 1 fully saturated rings. The van der Waals surface area contributed by atoms with Crippen LogP contribution in [-0.4, -0.2) is 41.6 Å². The van der Waals surface area contributed by atoms with E-state index in [0.717, 1.165) is 38.9 Å². The van der Waals surface area contributed by atoms with Gasteiger partial charge in [0.05, 0.1) is 5.01 Å². The Hall–Kier alpha value is -1.14. The highest BCUT2D eigenvalue weighted by molar-refractivity contribution is 7.09. The number of thiazole rings is 1. The second-order valence-electron chi connectivity index (χ2n) is 4.23. The Bertz CT molecular complexity index is 346. The SMILES string of the molecule is NC(=O)N1CCC(NCCc2nccs2)CC1. The van der Waals surface area contributed by atoms with E-state index in [9.17, 15) is 4.79 Å². The molecule has 1 aromatic heterocycles. The van der Waals surface area contributed by atoms with E-state index in [1.165, 1.54) is 5.01 Å². The van der Waals surface area contributed by atoms with E-state index in [4.69, 9.17) is 5.73 Å². The monoisotopic (exact) mass is 254 g/mol. The maximum Gasteiger partial charge on any atom is 0.314 e. The summed E-state index contributed by atoms with van der Waals surface area (Å²) in [7, 11) is 0. The lowest BCUT2D eigenvalue weighted by Crippen LogP contribution is -2.47. The molecule has 1 saturated heterocycles. The summed E-state index contributed by atoms with van der Waals surface area (Å²) >= 11 is 1.69. The Morgan fingerprint density at radius 2 is 2.35 bits per heavy atom. The molecular weight excluding hydrogens is 236 g/mol. The van der Waals surface area contributed by atoms with Crippen molar-refractivity contribution in [3.63, 3.8) is 0 Å². The number of nitrogens with zero attached hydrogens (tertiary/aromatic N) is 2. The summed E-state index contributed by atoms with van der Waals surface area (Å²) in [6.45, 7) is 2.49. The lowest BCUT2D eigenvalue weighted by molar-refractivity contribution is 0.185. The molecule has 1 aliphatic heterocycles. The van der Waals surface area contributed by atoms with Gasteiger partial charge in [-0.15, -0.1) is 11.3 Å². The van der Waals surface area contributed by atoms with Gasteiger partial charge in [-0.1, -0.05) is 0 Å². The van der Waals surface area contributed by atoms with E-state index < -0.39 is 0 Å². The molecule has 6 heteroatoms.